The van der Waals surface area contributed by atoms with Crippen molar-refractivity contribution < 1.29 is 18.0 Å². The van der Waals surface area contributed by atoms with Crippen LogP contribution in [0.5, 0.6) is 0 Å². The molecule has 2 aromatic rings. The molecular weight excluding hydrogens is 327 g/mol. The minimum absolute atomic E-state index is 0.0694. The largest absolute Gasteiger partial charge is 0.416 e. The number of amides is 1. The third-order valence-electron chi connectivity index (χ3n) is 4.76. The second-order valence-corrected chi connectivity index (χ2v) is 6.91. The van der Waals surface area contributed by atoms with E-state index >= 15 is 0 Å². The van der Waals surface area contributed by atoms with Crippen molar-refractivity contribution in [2.24, 2.45) is 0 Å². The van der Waals surface area contributed by atoms with E-state index < -0.39 is 11.7 Å². The minimum Gasteiger partial charge on any atom is -0.352 e. The fourth-order valence-corrected chi connectivity index (χ4v) is 2.81. The quantitative estimate of drug-likeness (QED) is 0.840. The zero-order valence-corrected chi connectivity index (χ0v) is 14.0. The van der Waals surface area contributed by atoms with Gasteiger partial charge < -0.3 is 5.32 Å². The Kier molecular flexibility index (Phi) is 4.58. The summed E-state index contributed by atoms with van der Waals surface area (Å²) in [5.74, 6) is -0.294. The van der Waals surface area contributed by atoms with Crippen LogP contribution in [0.3, 0.4) is 0 Å². The van der Waals surface area contributed by atoms with Crippen LogP contribution in [0.25, 0.3) is 0 Å². The van der Waals surface area contributed by atoms with Gasteiger partial charge in [-0.05, 0) is 41.0 Å². The lowest BCUT2D eigenvalue weighted by atomic mass is 9.97. The molecule has 0 heterocycles. The molecule has 1 N–H and O–H groups in total. The highest BCUT2D eigenvalue weighted by Crippen LogP contribution is 2.47. The maximum Gasteiger partial charge on any atom is 0.416 e. The Labute approximate surface area is 145 Å². The number of hydrogen-bond donors (Lipinski definition) is 1. The molecule has 0 aromatic heterocycles. The standard InChI is InChI=1S/C20H20F3NO/c1-19(9-10-19)16-7-5-14(6-8-16)13-24-18(25)12-15-3-2-4-17(11-15)20(21,22)23/h2-8,11H,9-10,12-13H2,1H3,(H,24,25). The maximum absolute atomic E-state index is 12.7. The zero-order valence-electron chi connectivity index (χ0n) is 14.0. The van der Waals surface area contributed by atoms with Crippen LogP contribution in [0.15, 0.2) is 48.5 Å². The lowest BCUT2D eigenvalue weighted by molar-refractivity contribution is -0.137. The molecule has 0 aliphatic heterocycles. The van der Waals surface area contributed by atoms with Crippen LogP contribution >= 0.6 is 0 Å². The molecule has 1 amide bonds. The molecule has 0 bridgehead atoms. The second-order valence-electron chi connectivity index (χ2n) is 6.91. The van der Waals surface area contributed by atoms with Gasteiger partial charge in [0.05, 0.1) is 12.0 Å². The van der Waals surface area contributed by atoms with Crippen LogP contribution < -0.4 is 5.32 Å². The number of nitrogens with one attached hydrogen (secondary N) is 1. The van der Waals surface area contributed by atoms with E-state index in [9.17, 15) is 18.0 Å². The average molecular weight is 347 g/mol. The number of rotatable bonds is 5. The zero-order chi connectivity index (χ0) is 18.1. The Balaban J connectivity index is 1.54. The summed E-state index contributed by atoms with van der Waals surface area (Å²) >= 11 is 0. The molecule has 3 rings (SSSR count). The summed E-state index contributed by atoms with van der Waals surface area (Å²) in [6.07, 6.45) is -2.05. The molecule has 0 saturated heterocycles. The van der Waals surface area contributed by atoms with Gasteiger partial charge >= 0.3 is 6.18 Å². The SMILES string of the molecule is CC1(c2ccc(CNC(=O)Cc3cccc(C(F)(F)F)c3)cc2)CC1. The monoisotopic (exact) mass is 347 g/mol. The molecule has 1 aliphatic carbocycles. The van der Waals surface area contributed by atoms with Crippen molar-refractivity contribution in [3.8, 4) is 0 Å². The molecule has 5 heteroatoms. The van der Waals surface area contributed by atoms with Crippen LogP contribution in [0.1, 0.15) is 42.0 Å². The lowest BCUT2D eigenvalue weighted by Crippen LogP contribution is -2.24. The fourth-order valence-electron chi connectivity index (χ4n) is 2.81. The fraction of sp³-hybridized carbons (Fsp3) is 0.350. The summed E-state index contributed by atoms with van der Waals surface area (Å²) in [6.45, 7) is 2.60. The van der Waals surface area contributed by atoms with E-state index in [2.05, 4.69) is 24.4 Å². The second kappa shape index (κ2) is 6.54. The first-order valence-electron chi connectivity index (χ1n) is 8.29. The van der Waals surface area contributed by atoms with Crippen LogP contribution in [0.4, 0.5) is 13.2 Å². The number of carbonyl (C=O) groups is 1. The van der Waals surface area contributed by atoms with E-state index in [0.717, 1.165) is 17.7 Å². The first-order chi connectivity index (χ1) is 11.8. The first kappa shape index (κ1) is 17.5. The molecule has 25 heavy (non-hydrogen) atoms. The van der Waals surface area contributed by atoms with Gasteiger partial charge in [-0.2, -0.15) is 13.2 Å². The highest BCUT2D eigenvalue weighted by atomic mass is 19.4. The lowest BCUT2D eigenvalue weighted by Gasteiger charge is -2.11. The molecule has 0 spiro atoms. The van der Waals surface area contributed by atoms with Crippen molar-refractivity contribution in [3.05, 3.63) is 70.8 Å². The molecule has 0 atom stereocenters. The van der Waals surface area contributed by atoms with Gasteiger partial charge in [0.1, 0.15) is 0 Å². The normalized spacial score (nSPS) is 15.7. The third kappa shape index (κ3) is 4.41. The van der Waals surface area contributed by atoms with Crippen LogP contribution in [-0.2, 0) is 29.4 Å². The van der Waals surface area contributed by atoms with Gasteiger partial charge in [0.15, 0.2) is 0 Å². The van der Waals surface area contributed by atoms with Gasteiger partial charge in [0.2, 0.25) is 5.91 Å². The summed E-state index contributed by atoms with van der Waals surface area (Å²) in [6, 6.07) is 13.0. The number of carbonyl (C=O) groups excluding carboxylic acids is 1. The summed E-state index contributed by atoms with van der Waals surface area (Å²) in [4.78, 5) is 12.0. The summed E-state index contributed by atoms with van der Waals surface area (Å²) in [5.41, 5.74) is 2.22. The van der Waals surface area contributed by atoms with Crippen molar-refractivity contribution in [3.63, 3.8) is 0 Å². The van der Waals surface area contributed by atoms with E-state index in [0.29, 0.717) is 17.5 Å². The molecule has 0 unspecified atom stereocenters. The number of hydrogen-bond acceptors (Lipinski definition) is 1. The molecule has 1 saturated carbocycles. The van der Waals surface area contributed by atoms with Crippen LogP contribution in [0.2, 0.25) is 0 Å². The van der Waals surface area contributed by atoms with E-state index in [4.69, 9.17) is 0 Å². The first-order valence-corrected chi connectivity index (χ1v) is 8.29. The highest BCUT2D eigenvalue weighted by Gasteiger charge is 2.38. The Bertz CT molecular complexity index is 761. The Morgan fingerprint density at radius 2 is 1.76 bits per heavy atom. The molecule has 132 valence electrons. The number of halogens is 3. The Morgan fingerprint density at radius 1 is 1.08 bits per heavy atom. The van der Waals surface area contributed by atoms with Crippen molar-refractivity contribution in [2.75, 3.05) is 0 Å². The van der Waals surface area contributed by atoms with E-state index in [1.165, 1.54) is 30.5 Å². The molecule has 2 aromatic carbocycles. The number of alkyl halides is 3. The smallest absolute Gasteiger partial charge is 0.352 e. The summed E-state index contributed by atoms with van der Waals surface area (Å²) < 4.78 is 38.1. The summed E-state index contributed by atoms with van der Waals surface area (Å²) in [5, 5.41) is 2.76. The molecule has 1 fully saturated rings. The van der Waals surface area contributed by atoms with E-state index in [-0.39, 0.29) is 12.3 Å². The number of benzene rings is 2. The van der Waals surface area contributed by atoms with Crippen molar-refractivity contribution >= 4 is 5.91 Å². The predicted molar refractivity (Wildman–Crippen MR) is 90.0 cm³/mol. The van der Waals surface area contributed by atoms with Gasteiger partial charge in [0.25, 0.3) is 0 Å². The van der Waals surface area contributed by atoms with Gasteiger partial charge in [0, 0.05) is 6.54 Å². The van der Waals surface area contributed by atoms with Gasteiger partial charge in [-0.15, -0.1) is 0 Å². The Hall–Kier alpha value is -2.30. The molecular formula is C20H20F3NO. The van der Waals surface area contributed by atoms with Crippen molar-refractivity contribution in [1.82, 2.24) is 5.32 Å². The van der Waals surface area contributed by atoms with Gasteiger partial charge in [-0.3, -0.25) is 4.79 Å². The highest BCUT2D eigenvalue weighted by molar-refractivity contribution is 5.78. The predicted octanol–water partition coefficient (Wildman–Crippen LogP) is 4.62. The molecule has 2 nitrogen and oxygen atoms in total. The van der Waals surface area contributed by atoms with E-state index in [1.54, 1.807) is 0 Å². The average Bonchev–Trinajstić information content (AvgIpc) is 3.32. The van der Waals surface area contributed by atoms with Crippen LogP contribution in [0, 0.1) is 0 Å². The topological polar surface area (TPSA) is 29.1 Å². The van der Waals surface area contributed by atoms with Crippen molar-refractivity contribution in [1.29, 1.82) is 0 Å². The summed E-state index contributed by atoms with van der Waals surface area (Å²) in [7, 11) is 0. The Morgan fingerprint density at radius 3 is 2.36 bits per heavy atom. The van der Waals surface area contributed by atoms with Crippen molar-refractivity contribution in [2.45, 2.75) is 44.3 Å². The maximum atomic E-state index is 12.7. The minimum atomic E-state index is -4.40. The molecule has 0 radical (unpaired) electrons. The third-order valence-corrected chi connectivity index (χ3v) is 4.76. The van der Waals surface area contributed by atoms with Crippen LogP contribution in [-0.4, -0.2) is 5.91 Å². The van der Waals surface area contributed by atoms with Gasteiger partial charge in [-0.25, -0.2) is 0 Å². The van der Waals surface area contributed by atoms with Gasteiger partial charge in [-0.1, -0.05) is 49.4 Å². The van der Waals surface area contributed by atoms with E-state index in [1.807, 2.05) is 12.1 Å². The molecule has 1 aliphatic rings.